The van der Waals surface area contributed by atoms with Crippen LogP contribution in [0.15, 0.2) is 28.3 Å². The van der Waals surface area contributed by atoms with Gasteiger partial charge in [0.2, 0.25) is 11.3 Å². The molecule has 158 valence electrons. The molecule has 0 saturated heterocycles. The van der Waals surface area contributed by atoms with Crippen molar-refractivity contribution in [2.45, 2.75) is 32.7 Å². The second kappa shape index (κ2) is 9.30. The molecule has 2 aromatic heterocycles. The standard InChI is InChI=1S/C20H28N4O4S/c1-7-28-18(26)14-12-24(23(5)6)15-11-22-16(10-13(15)17(14)25)29-9-8-21-19(27)20(2,3)4/h10-12H,7-9H2,1-6H3,(H,21,27). The zero-order chi connectivity index (χ0) is 21.8. The summed E-state index contributed by atoms with van der Waals surface area (Å²) < 4.78 is 6.71. The molecule has 0 unspecified atom stereocenters. The maximum Gasteiger partial charge on any atom is 0.343 e. The number of carbonyl (C=O) groups is 2. The van der Waals surface area contributed by atoms with Gasteiger partial charge in [-0.3, -0.25) is 14.3 Å². The smallest absolute Gasteiger partial charge is 0.343 e. The first kappa shape index (κ1) is 22.7. The van der Waals surface area contributed by atoms with Crippen LogP contribution in [0.1, 0.15) is 38.1 Å². The molecule has 0 saturated carbocycles. The molecule has 0 aromatic carbocycles. The average Bonchev–Trinajstić information content (AvgIpc) is 2.64. The number of amides is 1. The van der Waals surface area contributed by atoms with Crippen molar-refractivity contribution in [3.8, 4) is 0 Å². The topological polar surface area (TPSA) is 93.5 Å². The molecule has 0 fully saturated rings. The molecule has 1 N–H and O–H groups in total. The van der Waals surface area contributed by atoms with Gasteiger partial charge in [0, 0.05) is 38.0 Å². The third-order valence-electron chi connectivity index (χ3n) is 4.09. The monoisotopic (exact) mass is 420 g/mol. The van der Waals surface area contributed by atoms with Gasteiger partial charge in [-0.2, -0.15) is 0 Å². The maximum absolute atomic E-state index is 12.9. The first-order valence-electron chi connectivity index (χ1n) is 9.37. The molecule has 2 rings (SSSR count). The van der Waals surface area contributed by atoms with Gasteiger partial charge in [0.15, 0.2) is 0 Å². The van der Waals surface area contributed by atoms with E-state index in [9.17, 15) is 14.4 Å². The average molecular weight is 421 g/mol. The van der Waals surface area contributed by atoms with Crippen LogP contribution in [0.25, 0.3) is 10.9 Å². The van der Waals surface area contributed by atoms with E-state index in [1.807, 2.05) is 20.8 Å². The Bertz CT molecular complexity index is 963. The summed E-state index contributed by atoms with van der Waals surface area (Å²) in [6.07, 6.45) is 3.08. The van der Waals surface area contributed by atoms with Crippen LogP contribution in [-0.4, -0.2) is 54.5 Å². The number of nitrogens with one attached hydrogen (secondary N) is 1. The van der Waals surface area contributed by atoms with Crippen LogP contribution in [0, 0.1) is 5.41 Å². The minimum Gasteiger partial charge on any atom is -0.462 e. The van der Waals surface area contributed by atoms with E-state index >= 15 is 0 Å². The highest BCUT2D eigenvalue weighted by Crippen LogP contribution is 2.20. The van der Waals surface area contributed by atoms with Crippen LogP contribution in [0.2, 0.25) is 0 Å². The van der Waals surface area contributed by atoms with Gasteiger partial charge in [-0.1, -0.05) is 20.8 Å². The molecule has 8 nitrogen and oxygen atoms in total. The highest BCUT2D eigenvalue weighted by Gasteiger charge is 2.20. The molecule has 2 aromatic rings. The van der Waals surface area contributed by atoms with E-state index < -0.39 is 11.4 Å². The second-order valence-corrected chi connectivity index (χ2v) is 8.79. The molecule has 0 aliphatic rings. The fourth-order valence-corrected chi connectivity index (χ4v) is 3.28. The maximum atomic E-state index is 12.9. The van der Waals surface area contributed by atoms with E-state index in [1.54, 1.807) is 43.0 Å². The first-order chi connectivity index (χ1) is 13.6. The molecular formula is C20H28N4O4S. The lowest BCUT2D eigenvalue weighted by atomic mass is 9.96. The van der Waals surface area contributed by atoms with Gasteiger partial charge in [0.05, 0.1) is 28.7 Å². The van der Waals surface area contributed by atoms with Crippen molar-refractivity contribution in [3.05, 3.63) is 34.2 Å². The summed E-state index contributed by atoms with van der Waals surface area (Å²) in [7, 11) is 3.61. The summed E-state index contributed by atoms with van der Waals surface area (Å²) in [6.45, 7) is 7.95. The summed E-state index contributed by atoms with van der Waals surface area (Å²) >= 11 is 1.43. The molecule has 0 bridgehead atoms. The Kier molecular flexibility index (Phi) is 7.29. The van der Waals surface area contributed by atoms with Gasteiger partial charge in [0.1, 0.15) is 5.56 Å². The summed E-state index contributed by atoms with van der Waals surface area (Å²) in [5, 5.41) is 5.67. The van der Waals surface area contributed by atoms with Crippen LogP contribution in [0.3, 0.4) is 0 Å². The van der Waals surface area contributed by atoms with E-state index in [1.165, 1.54) is 18.0 Å². The third kappa shape index (κ3) is 5.50. The Balaban J connectivity index is 2.29. The van der Waals surface area contributed by atoms with Crippen LogP contribution < -0.4 is 15.8 Å². The lowest BCUT2D eigenvalue weighted by Crippen LogP contribution is -2.36. The molecule has 0 aliphatic heterocycles. The zero-order valence-corrected chi connectivity index (χ0v) is 18.6. The van der Waals surface area contributed by atoms with E-state index in [0.717, 1.165) is 0 Å². The number of hydrogen-bond donors (Lipinski definition) is 1. The van der Waals surface area contributed by atoms with Gasteiger partial charge in [0.25, 0.3) is 0 Å². The van der Waals surface area contributed by atoms with Gasteiger partial charge >= 0.3 is 5.97 Å². The van der Waals surface area contributed by atoms with Crippen molar-refractivity contribution in [3.63, 3.8) is 0 Å². The summed E-state index contributed by atoms with van der Waals surface area (Å²) in [4.78, 5) is 41.4. The third-order valence-corrected chi connectivity index (χ3v) is 5.02. The van der Waals surface area contributed by atoms with Gasteiger partial charge in [-0.15, -0.1) is 11.8 Å². The van der Waals surface area contributed by atoms with Crippen molar-refractivity contribution in [1.82, 2.24) is 15.0 Å². The summed E-state index contributed by atoms with van der Waals surface area (Å²) in [5.74, 6) is -0.0526. The van der Waals surface area contributed by atoms with E-state index in [0.29, 0.717) is 28.2 Å². The number of thioether (sulfide) groups is 1. The largest absolute Gasteiger partial charge is 0.462 e. The number of hydrogen-bond acceptors (Lipinski definition) is 7. The molecule has 0 spiro atoms. The minimum atomic E-state index is -0.647. The number of pyridine rings is 2. The Morgan fingerprint density at radius 2 is 2.00 bits per heavy atom. The molecule has 29 heavy (non-hydrogen) atoms. The number of fused-ring (bicyclic) bond motifs is 1. The van der Waals surface area contributed by atoms with Gasteiger partial charge in [-0.05, 0) is 13.0 Å². The lowest BCUT2D eigenvalue weighted by molar-refractivity contribution is -0.128. The van der Waals surface area contributed by atoms with Crippen LogP contribution >= 0.6 is 11.8 Å². The summed E-state index contributed by atoms with van der Waals surface area (Å²) in [6, 6.07) is 1.68. The van der Waals surface area contributed by atoms with Crippen LogP contribution in [-0.2, 0) is 9.53 Å². The highest BCUT2D eigenvalue weighted by atomic mass is 32.2. The lowest BCUT2D eigenvalue weighted by Gasteiger charge is -2.20. The molecule has 9 heteroatoms. The first-order valence-corrected chi connectivity index (χ1v) is 10.4. The Morgan fingerprint density at radius 1 is 1.31 bits per heavy atom. The quantitative estimate of drug-likeness (QED) is 0.416. The van der Waals surface area contributed by atoms with E-state index in [-0.39, 0.29) is 23.5 Å². The predicted molar refractivity (Wildman–Crippen MR) is 115 cm³/mol. The molecular weight excluding hydrogens is 392 g/mol. The second-order valence-electron chi connectivity index (χ2n) is 7.68. The Morgan fingerprint density at radius 3 is 2.59 bits per heavy atom. The van der Waals surface area contributed by atoms with Crippen molar-refractivity contribution in [2.75, 3.05) is 38.0 Å². The highest BCUT2D eigenvalue weighted by molar-refractivity contribution is 7.99. The normalized spacial score (nSPS) is 11.4. The Labute approximate surface area is 174 Å². The van der Waals surface area contributed by atoms with E-state index in [4.69, 9.17) is 4.74 Å². The number of esters is 1. The van der Waals surface area contributed by atoms with Gasteiger partial charge in [-0.25, -0.2) is 9.78 Å². The molecule has 1 amide bonds. The molecule has 2 heterocycles. The number of rotatable bonds is 7. The van der Waals surface area contributed by atoms with Gasteiger partial charge < -0.3 is 15.1 Å². The SMILES string of the molecule is CCOC(=O)c1cn(N(C)C)c2cnc(SCCNC(=O)C(C)(C)C)cc2c1=O. The predicted octanol–water partition coefficient (Wildman–Crippen LogP) is 2.03. The number of aromatic nitrogens is 2. The molecule has 0 radical (unpaired) electrons. The minimum absolute atomic E-state index is 0.0162. The van der Waals surface area contributed by atoms with Crippen molar-refractivity contribution < 1.29 is 14.3 Å². The van der Waals surface area contributed by atoms with Crippen molar-refractivity contribution >= 4 is 34.5 Å². The summed E-state index contributed by atoms with van der Waals surface area (Å²) in [5.41, 5.74) is -0.250. The zero-order valence-electron chi connectivity index (χ0n) is 17.7. The van der Waals surface area contributed by atoms with Crippen molar-refractivity contribution in [1.29, 1.82) is 0 Å². The van der Waals surface area contributed by atoms with Crippen LogP contribution in [0.5, 0.6) is 0 Å². The number of ether oxygens (including phenoxy) is 1. The fourth-order valence-electron chi connectivity index (χ4n) is 2.54. The Hall–Kier alpha value is -2.55. The van der Waals surface area contributed by atoms with Crippen LogP contribution in [0.4, 0.5) is 0 Å². The van der Waals surface area contributed by atoms with Crippen molar-refractivity contribution in [2.24, 2.45) is 5.41 Å². The fraction of sp³-hybridized carbons (Fsp3) is 0.500. The number of carbonyl (C=O) groups excluding carboxylic acids is 2. The number of nitrogens with zero attached hydrogens (tertiary/aromatic N) is 3. The molecule has 0 aliphatic carbocycles. The van der Waals surface area contributed by atoms with E-state index in [2.05, 4.69) is 10.3 Å². The molecule has 0 atom stereocenters.